The predicted octanol–water partition coefficient (Wildman–Crippen LogP) is 5.64. The zero-order valence-electron chi connectivity index (χ0n) is 18.9. The number of allylic oxidation sites excluding steroid dienone is 1. The summed E-state index contributed by atoms with van der Waals surface area (Å²) < 4.78 is 39.1. The molecule has 2 aromatic carbocycles. The Hall–Kier alpha value is -2.76. The van der Waals surface area contributed by atoms with Crippen LogP contribution < -0.4 is 5.11 Å². The van der Waals surface area contributed by atoms with E-state index in [1.165, 1.54) is 37.5 Å². The summed E-state index contributed by atoms with van der Waals surface area (Å²) in [4.78, 5) is 11.7. The van der Waals surface area contributed by atoms with Gasteiger partial charge in [-0.1, -0.05) is 30.3 Å². The molecule has 6 rings (SSSR count). The maximum Gasteiger partial charge on any atom is 0.416 e. The summed E-state index contributed by atoms with van der Waals surface area (Å²) in [6.45, 7) is 0. The lowest BCUT2D eigenvalue weighted by molar-refractivity contribution is -0.295. The minimum Gasteiger partial charge on any atom is -0.545 e. The zero-order chi connectivity index (χ0) is 24.1. The zero-order valence-corrected chi connectivity index (χ0v) is 18.9. The van der Waals surface area contributed by atoms with Crippen molar-refractivity contribution in [1.29, 1.82) is 0 Å². The number of hydrogen-bond acceptors (Lipinski definition) is 3. The molecule has 34 heavy (non-hydrogen) atoms. The van der Waals surface area contributed by atoms with E-state index in [9.17, 15) is 28.2 Å². The number of aliphatic carboxylic acids is 1. The van der Waals surface area contributed by atoms with Crippen LogP contribution in [0.5, 0.6) is 5.75 Å². The van der Waals surface area contributed by atoms with Gasteiger partial charge >= 0.3 is 6.18 Å². The van der Waals surface area contributed by atoms with Crippen LogP contribution in [0.3, 0.4) is 0 Å². The van der Waals surface area contributed by atoms with Crippen molar-refractivity contribution in [3.05, 3.63) is 70.8 Å². The van der Waals surface area contributed by atoms with Gasteiger partial charge in [0.1, 0.15) is 5.75 Å². The number of phenols is 1. The van der Waals surface area contributed by atoms with Gasteiger partial charge in [-0.3, -0.25) is 0 Å². The molecule has 0 aliphatic heterocycles. The number of hydrogen-bond donors (Lipinski definition) is 1. The van der Waals surface area contributed by atoms with Crippen molar-refractivity contribution in [1.82, 2.24) is 0 Å². The Morgan fingerprint density at radius 2 is 1.68 bits per heavy atom. The minimum absolute atomic E-state index is 0.0187. The van der Waals surface area contributed by atoms with Crippen LogP contribution >= 0.6 is 0 Å². The van der Waals surface area contributed by atoms with Crippen LogP contribution in [0.4, 0.5) is 13.2 Å². The number of carbonyl (C=O) groups excluding carboxylic acids is 1. The summed E-state index contributed by atoms with van der Waals surface area (Å²) in [6, 6.07) is 9.95. The minimum atomic E-state index is -4.55. The topological polar surface area (TPSA) is 60.4 Å². The SMILES string of the molecule is O=C([O-])/C(=C/CCc1ccc(O)c(C23CC4CC(CC(C4)C2)C3)c1)c1cccc(C(F)(F)F)c1. The van der Waals surface area contributed by atoms with Gasteiger partial charge in [0.05, 0.1) is 11.5 Å². The van der Waals surface area contributed by atoms with E-state index in [-0.39, 0.29) is 16.6 Å². The van der Waals surface area contributed by atoms with E-state index in [4.69, 9.17) is 0 Å². The lowest BCUT2D eigenvalue weighted by atomic mass is 9.48. The molecule has 3 nitrogen and oxygen atoms in total. The molecule has 0 unspecified atom stereocenters. The van der Waals surface area contributed by atoms with Crippen LogP contribution in [0.2, 0.25) is 0 Å². The van der Waals surface area contributed by atoms with Crippen LogP contribution in [0.25, 0.3) is 5.57 Å². The second-order valence-electron chi connectivity index (χ2n) is 10.6. The number of aryl methyl sites for hydroxylation is 1. The molecule has 4 aliphatic carbocycles. The Balaban J connectivity index is 1.36. The Morgan fingerprint density at radius 1 is 1.03 bits per heavy atom. The maximum absolute atomic E-state index is 13.0. The Kier molecular flexibility index (Phi) is 5.73. The number of benzene rings is 2. The van der Waals surface area contributed by atoms with Crippen molar-refractivity contribution in [2.24, 2.45) is 17.8 Å². The monoisotopic (exact) mass is 469 g/mol. The molecule has 0 radical (unpaired) electrons. The first-order valence-electron chi connectivity index (χ1n) is 12.0. The number of alkyl halides is 3. The maximum atomic E-state index is 13.0. The van der Waals surface area contributed by atoms with E-state index in [1.54, 1.807) is 6.07 Å². The standard InChI is InChI=1S/C28H29F3O3/c29-28(30,31)22-5-2-4-21(13-22)23(26(33)34)6-1-3-17-7-8-25(32)24(12-17)27-14-18-9-19(15-27)11-20(10-18)16-27/h2,4-8,12-13,18-20,32H,1,3,9-11,14-16H2,(H,33,34)/p-1/b23-6+. The van der Waals surface area contributed by atoms with Crippen LogP contribution in [0.1, 0.15) is 67.2 Å². The van der Waals surface area contributed by atoms with E-state index in [0.717, 1.165) is 60.3 Å². The second-order valence-corrected chi connectivity index (χ2v) is 10.6. The van der Waals surface area contributed by atoms with Gasteiger partial charge in [0.15, 0.2) is 0 Å². The second kappa shape index (κ2) is 8.47. The number of phenolic OH excluding ortho intramolecular Hbond substituents is 1. The molecule has 0 atom stereocenters. The van der Waals surface area contributed by atoms with E-state index in [2.05, 4.69) is 6.07 Å². The van der Waals surface area contributed by atoms with Crippen LogP contribution in [-0.4, -0.2) is 11.1 Å². The van der Waals surface area contributed by atoms with E-state index < -0.39 is 17.7 Å². The van der Waals surface area contributed by atoms with Gasteiger partial charge in [-0.15, -0.1) is 0 Å². The number of halogens is 3. The molecule has 0 heterocycles. The van der Waals surface area contributed by atoms with Crippen molar-refractivity contribution in [3.63, 3.8) is 0 Å². The Bertz CT molecular complexity index is 1100. The van der Waals surface area contributed by atoms with E-state index in [0.29, 0.717) is 18.6 Å². The summed E-state index contributed by atoms with van der Waals surface area (Å²) >= 11 is 0. The molecular weight excluding hydrogens is 441 g/mol. The van der Waals surface area contributed by atoms with Crippen LogP contribution in [0, 0.1) is 17.8 Å². The van der Waals surface area contributed by atoms with E-state index >= 15 is 0 Å². The highest BCUT2D eigenvalue weighted by Gasteiger charge is 2.52. The van der Waals surface area contributed by atoms with Gasteiger partial charge in [-0.25, -0.2) is 0 Å². The summed E-state index contributed by atoms with van der Waals surface area (Å²) in [7, 11) is 0. The number of carbonyl (C=O) groups is 1. The largest absolute Gasteiger partial charge is 0.545 e. The van der Waals surface area contributed by atoms with Crippen LogP contribution in [-0.2, 0) is 22.8 Å². The lowest BCUT2D eigenvalue weighted by Crippen LogP contribution is -2.48. The third kappa shape index (κ3) is 4.35. The smallest absolute Gasteiger partial charge is 0.416 e. The number of aromatic hydroxyl groups is 1. The lowest BCUT2D eigenvalue weighted by Gasteiger charge is -2.57. The molecule has 2 aromatic rings. The van der Waals surface area contributed by atoms with Gasteiger partial charge in [-0.05, 0) is 104 Å². The summed E-state index contributed by atoms with van der Waals surface area (Å²) in [5, 5.41) is 22.4. The molecular formula is C28H28F3O3-. The quantitative estimate of drug-likeness (QED) is 0.557. The van der Waals surface area contributed by atoms with Crippen molar-refractivity contribution >= 4 is 11.5 Å². The Labute approximate surface area is 197 Å². The highest BCUT2D eigenvalue weighted by atomic mass is 19.4. The fraction of sp³-hybridized carbons (Fsp3) is 0.464. The van der Waals surface area contributed by atoms with Gasteiger partial charge < -0.3 is 15.0 Å². The average Bonchev–Trinajstić information content (AvgIpc) is 2.76. The Morgan fingerprint density at radius 3 is 2.26 bits per heavy atom. The first-order chi connectivity index (χ1) is 16.1. The highest BCUT2D eigenvalue weighted by molar-refractivity contribution is 6.14. The fourth-order valence-corrected chi connectivity index (χ4v) is 7.17. The molecule has 180 valence electrons. The number of carboxylic acids is 1. The first-order valence-corrected chi connectivity index (χ1v) is 12.0. The van der Waals surface area contributed by atoms with Gasteiger partial charge in [0.2, 0.25) is 0 Å². The van der Waals surface area contributed by atoms with E-state index in [1.807, 2.05) is 6.07 Å². The summed E-state index contributed by atoms with van der Waals surface area (Å²) in [5.41, 5.74) is 0.892. The first kappa shape index (κ1) is 23.0. The van der Waals surface area contributed by atoms with Gasteiger partial charge in [0, 0.05) is 11.1 Å². The fourth-order valence-electron chi connectivity index (χ4n) is 7.17. The summed E-state index contributed by atoms with van der Waals surface area (Å²) in [5.74, 6) is 1.07. The molecule has 4 saturated carbocycles. The molecule has 0 aromatic heterocycles. The number of carboxylic acid groups (broad SMARTS) is 1. The molecule has 0 saturated heterocycles. The molecule has 4 bridgehead atoms. The average molecular weight is 470 g/mol. The molecule has 6 heteroatoms. The molecule has 0 amide bonds. The molecule has 1 N–H and O–H groups in total. The summed E-state index contributed by atoms with van der Waals surface area (Å²) in [6.07, 6.45) is 5.06. The predicted molar refractivity (Wildman–Crippen MR) is 121 cm³/mol. The van der Waals surface area contributed by atoms with Crippen molar-refractivity contribution in [2.75, 3.05) is 0 Å². The van der Waals surface area contributed by atoms with Crippen molar-refractivity contribution in [3.8, 4) is 5.75 Å². The number of rotatable bonds is 6. The highest BCUT2D eigenvalue weighted by Crippen LogP contribution is 2.61. The van der Waals surface area contributed by atoms with Gasteiger partial charge in [0.25, 0.3) is 0 Å². The molecule has 0 spiro atoms. The molecule has 4 fully saturated rings. The third-order valence-corrected chi connectivity index (χ3v) is 8.17. The third-order valence-electron chi connectivity index (χ3n) is 8.17. The van der Waals surface area contributed by atoms with Crippen molar-refractivity contribution in [2.45, 2.75) is 63.0 Å². The van der Waals surface area contributed by atoms with Crippen molar-refractivity contribution < 1.29 is 28.2 Å². The van der Waals surface area contributed by atoms with Crippen LogP contribution in [0.15, 0.2) is 48.5 Å². The normalized spacial score (nSPS) is 28.3. The van der Waals surface area contributed by atoms with Gasteiger partial charge in [-0.2, -0.15) is 13.2 Å². The molecule has 4 aliphatic rings.